The van der Waals surface area contributed by atoms with Gasteiger partial charge in [0.1, 0.15) is 12.3 Å². The van der Waals surface area contributed by atoms with Gasteiger partial charge in [0.15, 0.2) is 6.10 Å². The number of rotatable bonds is 8. The lowest BCUT2D eigenvalue weighted by Crippen LogP contribution is -2.48. The van der Waals surface area contributed by atoms with Gasteiger partial charge in [-0.15, -0.1) is 0 Å². The molecule has 0 fully saturated rings. The van der Waals surface area contributed by atoms with E-state index in [1.165, 1.54) is 14.0 Å². The highest BCUT2D eigenvalue weighted by atomic mass is 16.5. The number of hydrogen-bond donors (Lipinski definition) is 1. The topological polar surface area (TPSA) is 84.9 Å². The van der Waals surface area contributed by atoms with Crippen LogP contribution >= 0.6 is 0 Å². The highest BCUT2D eigenvalue weighted by molar-refractivity contribution is 5.98. The van der Waals surface area contributed by atoms with Crippen molar-refractivity contribution in [3.8, 4) is 5.75 Å². The van der Waals surface area contributed by atoms with Crippen molar-refractivity contribution in [1.82, 2.24) is 10.2 Å². The van der Waals surface area contributed by atoms with Crippen LogP contribution in [-0.2, 0) is 14.3 Å². The predicted octanol–water partition coefficient (Wildman–Crippen LogP) is 2.00. The molecule has 0 unspecified atom stereocenters. The molecule has 0 saturated heterocycles. The fourth-order valence-corrected chi connectivity index (χ4v) is 2.68. The van der Waals surface area contributed by atoms with Crippen LogP contribution in [0.1, 0.15) is 45.0 Å². The molecule has 1 aromatic rings. The highest BCUT2D eigenvalue weighted by Crippen LogP contribution is 2.16. The molecule has 144 valence electrons. The van der Waals surface area contributed by atoms with Crippen LogP contribution < -0.4 is 10.1 Å². The molecule has 1 rings (SSSR count). The Balaban J connectivity index is 2.61. The van der Waals surface area contributed by atoms with Crippen molar-refractivity contribution in [3.63, 3.8) is 0 Å². The van der Waals surface area contributed by atoms with E-state index in [0.717, 1.165) is 0 Å². The van der Waals surface area contributed by atoms with Crippen LogP contribution in [0.15, 0.2) is 24.3 Å². The van der Waals surface area contributed by atoms with E-state index in [4.69, 9.17) is 9.47 Å². The summed E-state index contributed by atoms with van der Waals surface area (Å²) in [5.74, 6) is -0.989. The van der Waals surface area contributed by atoms with Crippen molar-refractivity contribution in [1.29, 1.82) is 0 Å². The van der Waals surface area contributed by atoms with Crippen LogP contribution in [0, 0.1) is 0 Å². The standard InChI is InChI=1S/C19H28N2O5/c1-12(2)21(13(3)4)19(24)14(5)26-17(22)11-20-18(23)15-9-7-8-10-16(15)25-6/h7-10,12-14H,11H2,1-6H3,(H,20,23)/t14-/m1/s1. The van der Waals surface area contributed by atoms with E-state index in [1.54, 1.807) is 29.2 Å². The summed E-state index contributed by atoms with van der Waals surface area (Å²) in [6.07, 6.45) is -0.921. The largest absolute Gasteiger partial charge is 0.496 e. The molecule has 0 aromatic heterocycles. The number of benzene rings is 1. The third-order valence-corrected chi connectivity index (χ3v) is 3.77. The summed E-state index contributed by atoms with van der Waals surface area (Å²) in [7, 11) is 1.46. The second kappa shape index (κ2) is 9.79. The highest BCUT2D eigenvalue weighted by Gasteiger charge is 2.27. The van der Waals surface area contributed by atoms with E-state index >= 15 is 0 Å². The Kier molecular flexibility index (Phi) is 8.09. The fourth-order valence-electron chi connectivity index (χ4n) is 2.68. The SMILES string of the molecule is COc1ccccc1C(=O)NCC(=O)O[C@H](C)C(=O)N(C(C)C)C(C)C. The molecule has 2 amide bonds. The number of esters is 1. The lowest BCUT2D eigenvalue weighted by Gasteiger charge is -2.32. The average molecular weight is 364 g/mol. The zero-order valence-corrected chi connectivity index (χ0v) is 16.2. The number of para-hydroxylation sites is 1. The Labute approximate surface area is 154 Å². The molecule has 1 atom stereocenters. The molecular formula is C19H28N2O5. The smallest absolute Gasteiger partial charge is 0.326 e. The van der Waals surface area contributed by atoms with Crippen LogP contribution in [0.2, 0.25) is 0 Å². The van der Waals surface area contributed by atoms with Crippen molar-refractivity contribution in [2.75, 3.05) is 13.7 Å². The Bertz CT molecular complexity index is 635. The quantitative estimate of drug-likeness (QED) is 0.713. The predicted molar refractivity (Wildman–Crippen MR) is 98.0 cm³/mol. The van der Waals surface area contributed by atoms with Crippen LogP contribution in [0.4, 0.5) is 0 Å². The van der Waals surface area contributed by atoms with E-state index in [2.05, 4.69) is 5.32 Å². The van der Waals surface area contributed by atoms with Gasteiger partial charge in [-0.25, -0.2) is 0 Å². The molecule has 1 N–H and O–H groups in total. The van der Waals surface area contributed by atoms with Crippen molar-refractivity contribution >= 4 is 17.8 Å². The zero-order chi connectivity index (χ0) is 19.9. The minimum Gasteiger partial charge on any atom is -0.496 e. The van der Waals surface area contributed by atoms with Gasteiger partial charge >= 0.3 is 5.97 Å². The number of carbonyl (C=O) groups is 3. The second-order valence-electron chi connectivity index (χ2n) is 6.45. The first-order valence-corrected chi connectivity index (χ1v) is 8.61. The summed E-state index contributed by atoms with van der Waals surface area (Å²) < 4.78 is 10.3. The molecule has 1 aromatic carbocycles. The van der Waals surface area contributed by atoms with Gasteiger partial charge in [-0.2, -0.15) is 0 Å². The molecule has 0 aliphatic heterocycles. The number of amides is 2. The van der Waals surface area contributed by atoms with E-state index in [9.17, 15) is 14.4 Å². The Hall–Kier alpha value is -2.57. The van der Waals surface area contributed by atoms with E-state index in [-0.39, 0.29) is 24.5 Å². The number of hydrogen-bond acceptors (Lipinski definition) is 5. The minimum absolute atomic E-state index is 0.00565. The second-order valence-corrected chi connectivity index (χ2v) is 6.45. The minimum atomic E-state index is -0.921. The number of nitrogens with one attached hydrogen (secondary N) is 1. The lowest BCUT2D eigenvalue weighted by molar-refractivity contribution is -0.160. The molecule has 0 aliphatic carbocycles. The van der Waals surface area contributed by atoms with Crippen LogP contribution in [-0.4, -0.2) is 54.5 Å². The number of methoxy groups -OCH3 is 1. The summed E-state index contributed by atoms with van der Waals surface area (Å²) in [5, 5.41) is 2.47. The summed E-state index contributed by atoms with van der Waals surface area (Å²) in [6.45, 7) is 8.80. The Morgan fingerprint density at radius 3 is 2.15 bits per heavy atom. The first-order chi connectivity index (χ1) is 12.2. The fraction of sp³-hybridized carbons (Fsp3) is 0.526. The first kappa shape index (κ1) is 21.5. The molecule has 0 heterocycles. The van der Waals surface area contributed by atoms with Crippen LogP contribution in [0.3, 0.4) is 0 Å². The van der Waals surface area contributed by atoms with Gasteiger partial charge in [-0.05, 0) is 46.8 Å². The van der Waals surface area contributed by atoms with E-state index < -0.39 is 18.0 Å². The molecule has 7 heteroatoms. The van der Waals surface area contributed by atoms with Crippen LogP contribution in [0.5, 0.6) is 5.75 Å². The van der Waals surface area contributed by atoms with Crippen molar-refractivity contribution < 1.29 is 23.9 Å². The molecule has 7 nitrogen and oxygen atoms in total. The maximum Gasteiger partial charge on any atom is 0.326 e. The normalized spacial score (nSPS) is 11.8. The molecule has 26 heavy (non-hydrogen) atoms. The molecule has 0 aliphatic rings. The summed E-state index contributed by atoms with van der Waals surface area (Å²) in [6, 6.07) is 6.67. The summed E-state index contributed by atoms with van der Waals surface area (Å²) >= 11 is 0. The van der Waals surface area contributed by atoms with Crippen molar-refractivity contribution in [3.05, 3.63) is 29.8 Å². The van der Waals surface area contributed by atoms with Gasteiger partial charge in [-0.1, -0.05) is 12.1 Å². The maximum absolute atomic E-state index is 12.4. The number of nitrogens with zero attached hydrogens (tertiary/aromatic N) is 1. The monoisotopic (exact) mass is 364 g/mol. The van der Waals surface area contributed by atoms with Gasteiger partial charge in [0.05, 0.1) is 12.7 Å². The van der Waals surface area contributed by atoms with Gasteiger partial charge in [0.25, 0.3) is 11.8 Å². The third kappa shape index (κ3) is 5.75. The number of carbonyl (C=O) groups excluding carboxylic acids is 3. The Morgan fingerprint density at radius 2 is 1.62 bits per heavy atom. The van der Waals surface area contributed by atoms with E-state index in [1.807, 2.05) is 27.7 Å². The van der Waals surface area contributed by atoms with Gasteiger partial charge in [0, 0.05) is 12.1 Å². The Morgan fingerprint density at radius 1 is 1.04 bits per heavy atom. The maximum atomic E-state index is 12.4. The average Bonchev–Trinajstić information content (AvgIpc) is 2.58. The summed E-state index contributed by atoms with van der Waals surface area (Å²) in [4.78, 5) is 38.2. The molecule has 0 saturated carbocycles. The molecule has 0 radical (unpaired) electrons. The third-order valence-electron chi connectivity index (χ3n) is 3.77. The molecule has 0 bridgehead atoms. The van der Waals surface area contributed by atoms with Crippen molar-refractivity contribution in [2.24, 2.45) is 0 Å². The lowest BCUT2D eigenvalue weighted by atomic mass is 10.2. The summed E-state index contributed by atoms with van der Waals surface area (Å²) in [5.41, 5.74) is 0.317. The van der Waals surface area contributed by atoms with Crippen LogP contribution in [0.25, 0.3) is 0 Å². The molecular weight excluding hydrogens is 336 g/mol. The first-order valence-electron chi connectivity index (χ1n) is 8.61. The van der Waals surface area contributed by atoms with E-state index in [0.29, 0.717) is 11.3 Å². The van der Waals surface area contributed by atoms with Gasteiger partial charge in [-0.3, -0.25) is 14.4 Å². The van der Waals surface area contributed by atoms with Gasteiger partial charge in [0.2, 0.25) is 0 Å². The van der Waals surface area contributed by atoms with Gasteiger partial charge < -0.3 is 19.7 Å². The number of ether oxygens (including phenoxy) is 2. The molecule has 0 spiro atoms. The zero-order valence-electron chi connectivity index (χ0n) is 16.2. The van der Waals surface area contributed by atoms with Crippen molar-refractivity contribution in [2.45, 2.75) is 52.8 Å².